The van der Waals surface area contributed by atoms with Gasteiger partial charge in [-0.1, -0.05) is 24.3 Å². The van der Waals surface area contributed by atoms with Gasteiger partial charge >= 0.3 is 5.97 Å². The molecule has 0 aliphatic carbocycles. The van der Waals surface area contributed by atoms with Crippen LogP contribution in [0.5, 0.6) is 0 Å². The first-order chi connectivity index (χ1) is 12.3. The summed E-state index contributed by atoms with van der Waals surface area (Å²) in [6.45, 7) is 3.22. The van der Waals surface area contributed by atoms with Crippen LogP contribution >= 0.6 is 0 Å². The van der Waals surface area contributed by atoms with Crippen LogP contribution in [0.4, 0.5) is 5.69 Å². The first-order valence-corrected chi connectivity index (χ1v) is 8.11. The number of carboxylic acids is 1. The monoisotopic (exact) mass is 355 g/mol. The van der Waals surface area contributed by atoms with Crippen molar-refractivity contribution in [3.05, 3.63) is 70.8 Å². The summed E-state index contributed by atoms with van der Waals surface area (Å²) < 4.78 is 0. The van der Waals surface area contributed by atoms with Gasteiger partial charge in [-0.3, -0.25) is 4.79 Å². The lowest BCUT2D eigenvalue weighted by molar-refractivity contribution is -0.111. The van der Waals surface area contributed by atoms with Crippen molar-refractivity contribution < 1.29 is 24.9 Å². The Kier molecular flexibility index (Phi) is 6.27. The molecule has 0 radical (unpaired) electrons. The Hall–Kier alpha value is -2.96. The van der Waals surface area contributed by atoms with Gasteiger partial charge in [-0.15, -0.1) is 0 Å². The molecule has 0 aliphatic heterocycles. The zero-order valence-corrected chi connectivity index (χ0v) is 14.5. The van der Waals surface area contributed by atoms with Crippen LogP contribution in [0.1, 0.15) is 53.1 Å². The number of aliphatic hydroxyl groups excluding tert-OH is 2. The minimum Gasteiger partial charge on any atom is -0.478 e. The Morgan fingerprint density at radius 2 is 1.65 bits per heavy atom. The number of amides is 1. The van der Waals surface area contributed by atoms with Gasteiger partial charge in [0.2, 0.25) is 5.91 Å². The van der Waals surface area contributed by atoms with Crippen molar-refractivity contribution in [2.45, 2.75) is 26.1 Å². The highest BCUT2D eigenvalue weighted by Gasteiger charge is 2.13. The number of carboxylic acid groups (broad SMARTS) is 1. The lowest BCUT2D eigenvalue weighted by atomic mass is 9.97. The van der Waals surface area contributed by atoms with E-state index in [4.69, 9.17) is 5.11 Å². The van der Waals surface area contributed by atoms with E-state index in [1.807, 2.05) is 0 Å². The molecule has 26 heavy (non-hydrogen) atoms. The number of benzene rings is 2. The normalized spacial score (nSPS) is 13.4. The van der Waals surface area contributed by atoms with Crippen LogP contribution < -0.4 is 5.32 Å². The smallest absolute Gasteiger partial charge is 0.337 e. The first-order valence-electron chi connectivity index (χ1n) is 8.11. The van der Waals surface area contributed by atoms with Gasteiger partial charge in [0, 0.05) is 6.08 Å². The molecule has 1 amide bonds. The summed E-state index contributed by atoms with van der Waals surface area (Å²) in [6, 6.07) is 11.3. The molecule has 0 fully saturated rings. The standard InChI is InChI=1S/C20H21NO5/c1-12(22)15-9-7-14(11-17(15)13(2)23)8-10-19(24)21-18-6-4-3-5-16(18)20(25)26/h3-13,22-23H,1-2H3,(H,21,24)(H,25,26)/b10-8+. The second kappa shape index (κ2) is 8.42. The van der Waals surface area contributed by atoms with E-state index in [9.17, 15) is 19.8 Å². The van der Waals surface area contributed by atoms with E-state index in [0.29, 0.717) is 16.7 Å². The SMILES string of the molecule is CC(O)c1ccc(/C=C/C(=O)Nc2ccccc2C(=O)O)cc1C(C)O. The summed E-state index contributed by atoms with van der Waals surface area (Å²) in [5.41, 5.74) is 2.10. The van der Waals surface area contributed by atoms with Crippen LogP contribution in [-0.4, -0.2) is 27.2 Å². The summed E-state index contributed by atoms with van der Waals surface area (Å²) in [4.78, 5) is 23.2. The zero-order chi connectivity index (χ0) is 19.3. The van der Waals surface area contributed by atoms with Crippen LogP contribution in [0, 0.1) is 0 Å². The van der Waals surface area contributed by atoms with E-state index in [1.165, 1.54) is 18.2 Å². The number of hydrogen-bond acceptors (Lipinski definition) is 4. The third kappa shape index (κ3) is 4.78. The Bertz CT molecular complexity index is 840. The molecule has 0 spiro atoms. The summed E-state index contributed by atoms with van der Waals surface area (Å²) >= 11 is 0. The third-order valence-corrected chi connectivity index (χ3v) is 3.85. The molecule has 136 valence electrons. The number of para-hydroxylation sites is 1. The predicted octanol–water partition coefficient (Wildman–Crippen LogP) is 3.14. The molecular weight excluding hydrogens is 334 g/mol. The molecule has 0 saturated heterocycles. The molecule has 2 atom stereocenters. The summed E-state index contributed by atoms with van der Waals surface area (Å²) in [5, 5.41) is 31.3. The highest BCUT2D eigenvalue weighted by Crippen LogP contribution is 2.25. The zero-order valence-electron chi connectivity index (χ0n) is 14.5. The van der Waals surface area contributed by atoms with Crippen molar-refractivity contribution >= 4 is 23.6 Å². The van der Waals surface area contributed by atoms with Crippen molar-refractivity contribution in [2.75, 3.05) is 5.32 Å². The van der Waals surface area contributed by atoms with Gasteiger partial charge in [0.05, 0.1) is 23.5 Å². The van der Waals surface area contributed by atoms with Crippen molar-refractivity contribution in [3.63, 3.8) is 0 Å². The van der Waals surface area contributed by atoms with Crippen LogP contribution in [0.25, 0.3) is 6.08 Å². The summed E-state index contributed by atoms with van der Waals surface area (Å²) in [7, 11) is 0. The quantitative estimate of drug-likeness (QED) is 0.596. The molecule has 0 aromatic heterocycles. The maximum Gasteiger partial charge on any atom is 0.337 e. The number of hydrogen-bond donors (Lipinski definition) is 4. The van der Waals surface area contributed by atoms with Crippen LogP contribution in [-0.2, 0) is 4.79 Å². The Balaban J connectivity index is 2.18. The number of nitrogens with one attached hydrogen (secondary N) is 1. The minimum absolute atomic E-state index is 0.00641. The number of aliphatic hydroxyl groups is 2. The van der Waals surface area contributed by atoms with Gasteiger partial charge in [-0.05, 0) is 54.8 Å². The number of carbonyl (C=O) groups excluding carboxylic acids is 1. The minimum atomic E-state index is -1.12. The third-order valence-electron chi connectivity index (χ3n) is 3.85. The van der Waals surface area contributed by atoms with Gasteiger partial charge in [0.15, 0.2) is 0 Å². The van der Waals surface area contributed by atoms with Gasteiger partial charge in [-0.25, -0.2) is 4.79 Å². The van der Waals surface area contributed by atoms with Gasteiger partial charge < -0.3 is 20.6 Å². The molecule has 2 unspecified atom stereocenters. The van der Waals surface area contributed by atoms with E-state index < -0.39 is 24.1 Å². The van der Waals surface area contributed by atoms with E-state index >= 15 is 0 Å². The fourth-order valence-electron chi connectivity index (χ4n) is 2.56. The highest BCUT2D eigenvalue weighted by molar-refractivity contribution is 6.06. The number of anilines is 1. The Morgan fingerprint density at radius 1 is 1.00 bits per heavy atom. The van der Waals surface area contributed by atoms with E-state index in [0.717, 1.165) is 0 Å². The lowest BCUT2D eigenvalue weighted by Gasteiger charge is -2.15. The lowest BCUT2D eigenvalue weighted by Crippen LogP contribution is -2.11. The number of rotatable bonds is 6. The molecule has 6 nitrogen and oxygen atoms in total. The fourth-order valence-corrected chi connectivity index (χ4v) is 2.56. The van der Waals surface area contributed by atoms with Crippen LogP contribution in [0.15, 0.2) is 48.5 Å². The van der Waals surface area contributed by atoms with Crippen molar-refractivity contribution in [2.24, 2.45) is 0 Å². The molecule has 6 heteroatoms. The topological polar surface area (TPSA) is 107 Å². The molecule has 2 aromatic carbocycles. The molecule has 0 aliphatic rings. The average molecular weight is 355 g/mol. The first kappa shape index (κ1) is 19.4. The molecule has 2 rings (SSSR count). The predicted molar refractivity (Wildman–Crippen MR) is 98.8 cm³/mol. The van der Waals surface area contributed by atoms with E-state index in [-0.39, 0.29) is 11.3 Å². The van der Waals surface area contributed by atoms with E-state index in [1.54, 1.807) is 50.3 Å². The molecule has 2 aromatic rings. The highest BCUT2D eigenvalue weighted by atomic mass is 16.4. The maximum atomic E-state index is 12.1. The van der Waals surface area contributed by atoms with Crippen LogP contribution in [0.2, 0.25) is 0 Å². The Labute approximate surface area is 151 Å². The average Bonchev–Trinajstić information content (AvgIpc) is 2.59. The van der Waals surface area contributed by atoms with Crippen molar-refractivity contribution in [3.8, 4) is 0 Å². The van der Waals surface area contributed by atoms with Crippen molar-refractivity contribution in [1.29, 1.82) is 0 Å². The largest absolute Gasteiger partial charge is 0.478 e. The van der Waals surface area contributed by atoms with Gasteiger partial charge in [-0.2, -0.15) is 0 Å². The van der Waals surface area contributed by atoms with E-state index in [2.05, 4.69) is 5.32 Å². The van der Waals surface area contributed by atoms with Crippen LogP contribution in [0.3, 0.4) is 0 Å². The molecule has 0 heterocycles. The molecular formula is C20H21NO5. The molecule has 0 saturated carbocycles. The Morgan fingerprint density at radius 3 is 2.27 bits per heavy atom. The second-order valence-electron chi connectivity index (χ2n) is 5.91. The maximum absolute atomic E-state index is 12.1. The van der Waals surface area contributed by atoms with Crippen molar-refractivity contribution in [1.82, 2.24) is 0 Å². The number of aromatic carboxylic acids is 1. The molecule has 0 bridgehead atoms. The fraction of sp³-hybridized carbons (Fsp3) is 0.200. The van der Waals surface area contributed by atoms with Gasteiger partial charge in [0.25, 0.3) is 0 Å². The number of carbonyl (C=O) groups is 2. The summed E-state index contributed by atoms with van der Waals surface area (Å²) in [6.07, 6.45) is 1.36. The summed E-state index contributed by atoms with van der Waals surface area (Å²) in [5.74, 6) is -1.60. The second-order valence-corrected chi connectivity index (χ2v) is 5.91. The van der Waals surface area contributed by atoms with Gasteiger partial charge in [0.1, 0.15) is 0 Å². The molecule has 4 N–H and O–H groups in total.